The molecule has 5 nitrogen and oxygen atoms in total. The molecule has 1 saturated carbocycles. The number of nitrogens with one attached hydrogen (secondary N) is 1. The van der Waals surface area contributed by atoms with Gasteiger partial charge in [0.2, 0.25) is 0 Å². The van der Waals surface area contributed by atoms with Crippen molar-refractivity contribution >= 4 is 34.8 Å². The van der Waals surface area contributed by atoms with Gasteiger partial charge in [-0.05, 0) is 92.1 Å². The Kier molecular flexibility index (Phi) is 7.49. The fourth-order valence-electron chi connectivity index (χ4n) is 5.15. The Morgan fingerprint density at radius 2 is 1.80 bits per heavy atom. The maximum atomic E-state index is 12.8. The van der Waals surface area contributed by atoms with Crippen LogP contribution in [0.1, 0.15) is 76.6 Å². The summed E-state index contributed by atoms with van der Waals surface area (Å²) in [6, 6.07) is 13.5. The number of nitrogens with zero attached hydrogens (tertiary/aromatic N) is 2. The molecule has 1 aliphatic carbocycles. The molecule has 7 heteroatoms. The molecule has 1 aromatic carbocycles. The largest absolute Gasteiger partial charge is 0.348 e. The predicted octanol–water partition coefficient (Wildman–Crippen LogP) is 6.55. The molecule has 0 unspecified atom stereocenters. The number of rotatable bonds is 5. The number of carbonyl (C=O) groups is 2. The second-order valence-electron chi connectivity index (χ2n) is 9.52. The number of halogens is 1. The lowest BCUT2D eigenvalue weighted by Crippen LogP contribution is -2.37. The number of benzene rings is 1. The first-order chi connectivity index (χ1) is 17.1. The zero-order valence-corrected chi connectivity index (χ0v) is 21.3. The Bertz CT molecular complexity index is 1180. The number of pyridine rings is 1. The highest BCUT2D eigenvalue weighted by molar-refractivity contribution is 7.10. The van der Waals surface area contributed by atoms with E-state index in [0.29, 0.717) is 22.2 Å². The highest BCUT2D eigenvalue weighted by Crippen LogP contribution is 2.40. The summed E-state index contributed by atoms with van der Waals surface area (Å²) in [7, 11) is 0. The number of thiophene rings is 1. The Morgan fingerprint density at radius 3 is 2.51 bits per heavy atom. The van der Waals surface area contributed by atoms with Crippen LogP contribution in [0.5, 0.6) is 0 Å². The van der Waals surface area contributed by atoms with E-state index in [1.807, 2.05) is 35.2 Å². The number of likely N-dealkylation sites (tertiary alicyclic amines) is 1. The number of amides is 2. The lowest BCUT2D eigenvalue weighted by molar-refractivity contribution is 0.0724. The van der Waals surface area contributed by atoms with Crippen LogP contribution in [0.2, 0.25) is 5.02 Å². The van der Waals surface area contributed by atoms with Crippen LogP contribution in [0, 0.1) is 0 Å². The fraction of sp³-hybridized carbons (Fsp3) is 0.393. The molecular weight excluding hydrogens is 478 g/mol. The molecule has 2 amide bonds. The maximum absolute atomic E-state index is 12.8. The fourth-order valence-corrected chi connectivity index (χ4v) is 6.52. The molecule has 0 atom stereocenters. The second kappa shape index (κ2) is 10.9. The van der Waals surface area contributed by atoms with Gasteiger partial charge in [0.25, 0.3) is 11.8 Å². The highest BCUT2D eigenvalue weighted by Gasteiger charge is 2.26. The van der Waals surface area contributed by atoms with Crippen molar-refractivity contribution in [1.29, 1.82) is 0 Å². The van der Waals surface area contributed by atoms with Gasteiger partial charge in [-0.25, -0.2) is 0 Å². The lowest BCUT2D eigenvalue weighted by atomic mass is 9.84. The molecule has 35 heavy (non-hydrogen) atoms. The minimum absolute atomic E-state index is 0.0797. The summed E-state index contributed by atoms with van der Waals surface area (Å²) in [6.07, 6.45) is 9.02. The molecule has 1 saturated heterocycles. The molecule has 5 rings (SSSR count). The van der Waals surface area contributed by atoms with Crippen LogP contribution in [-0.2, 0) is 0 Å². The van der Waals surface area contributed by atoms with Crippen LogP contribution >= 0.6 is 22.9 Å². The van der Waals surface area contributed by atoms with E-state index in [0.717, 1.165) is 62.7 Å². The van der Waals surface area contributed by atoms with Gasteiger partial charge in [0, 0.05) is 46.4 Å². The number of hydrogen-bond donors (Lipinski definition) is 1. The standard InChI is InChI=1S/C28H30ClN3O2S/c29-24-16-20(28(34)32-14-4-1-5-15-32)9-12-23(24)21-17-26(35-18-21)19-7-10-22(11-8-19)31-27(33)25-6-2-3-13-30-25/h2-3,6,9,12-13,16-19,22H,1,4-5,7-8,10-11,14-15H2,(H,31,33). The molecule has 0 bridgehead atoms. The molecule has 0 radical (unpaired) electrons. The van der Waals surface area contributed by atoms with Crippen molar-refractivity contribution in [2.24, 2.45) is 0 Å². The van der Waals surface area contributed by atoms with Gasteiger partial charge in [-0.15, -0.1) is 11.3 Å². The first-order valence-corrected chi connectivity index (χ1v) is 13.7. The lowest BCUT2D eigenvalue weighted by Gasteiger charge is -2.28. The van der Waals surface area contributed by atoms with E-state index in [9.17, 15) is 9.59 Å². The summed E-state index contributed by atoms with van der Waals surface area (Å²) >= 11 is 8.42. The summed E-state index contributed by atoms with van der Waals surface area (Å²) in [5, 5.41) is 5.92. The van der Waals surface area contributed by atoms with Crippen LogP contribution in [0.3, 0.4) is 0 Å². The van der Waals surface area contributed by atoms with Gasteiger partial charge in [-0.3, -0.25) is 14.6 Å². The minimum atomic E-state index is -0.0932. The topological polar surface area (TPSA) is 62.3 Å². The molecular formula is C28H30ClN3O2S. The average Bonchev–Trinajstić information content (AvgIpc) is 3.39. The van der Waals surface area contributed by atoms with Crippen LogP contribution in [0.25, 0.3) is 11.1 Å². The third-order valence-electron chi connectivity index (χ3n) is 7.15. The number of aromatic nitrogens is 1. The molecule has 1 aliphatic heterocycles. The molecule has 0 spiro atoms. The van der Waals surface area contributed by atoms with Crippen LogP contribution in [0.4, 0.5) is 0 Å². The van der Waals surface area contributed by atoms with Gasteiger partial charge in [-0.1, -0.05) is 23.7 Å². The van der Waals surface area contributed by atoms with E-state index in [1.54, 1.807) is 23.6 Å². The SMILES string of the molecule is O=C(NC1CCC(c2cc(-c3ccc(C(=O)N4CCCCC4)cc3Cl)cs2)CC1)c1ccccn1. The van der Waals surface area contributed by atoms with Gasteiger partial charge < -0.3 is 10.2 Å². The highest BCUT2D eigenvalue weighted by atomic mass is 35.5. The zero-order chi connectivity index (χ0) is 24.2. The van der Waals surface area contributed by atoms with Crippen molar-refractivity contribution < 1.29 is 9.59 Å². The third kappa shape index (κ3) is 5.60. The summed E-state index contributed by atoms with van der Waals surface area (Å²) in [5.74, 6) is 0.482. The number of carbonyl (C=O) groups excluding carboxylic acids is 2. The maximum Gasteiger partial charge on any atom is 0.270 e. The van der Waals surface area contributed by atoms with Crippen molar-refractivity contribution in [2.75, 3.05) is 13.1 Å². The Morgan fingerprint density at radius 1 is 1.00 bits per heavy atom. The quantitative estimate of drug-likeness (QED) is 0.426. The first kappa shape index (κ1) is 24.0. The van der Waals surface area contributed by atoms with E-state index >= 15 is 0 Å². The van der Waals surface area contributed by atoms with Crippen molar-refractivity contribution in [3.8, 4) is 11.1 Å². The molecule has 2 aromatic heterocycles. The van der Waals surface area contributed by atoms with E-state index in [-0.39, 0.29) is 17.9 Å². The van der Waals surface area contributed by atoms with Crippen LogP contribution < -0.4 is 5.32 Å². The first-order valence-electron chi connectivity index (χ1n) is 12.5. The third-order valence-corrected chi connectivity index (χ3v) is 8.56. The van der Waals surface area contributed by atoms with E-state index in [4.69, 9.17) is 11.6 Å². The van der Waals surface area contributed by atoms with Crippen molar-refractivity contribution in [2.45, 2.75) is 56.9 Å². The predicted molar refractivity (Wildman–Crippen MR) is 141 cm³/mol. The van der Waals surface area contributed by atoms with Crippen molar-refractivity contribution in [1.82, 2.24) is 15.2 Å². The Balaban J connectivity index is 1.19. The normalized spacial score (nSPS) is 20.4. The minimum Gasteiger partial charge on any atom is -0.348 e. The van der Waals surface area contributed by atoms with Crippen LogP contribution in [0.15, 0.2) is 54.0 Å². The number of hydrogen-bond acceptors (Lipinski definition) is 4. The summed E-state index contributed by atoms with van der Waals surface area (Å²) in [4.78, 5) is 32.7. The Hall–Kier alpha value is -2.70. The summed E-state index contributed by atoms with van der Waals surface area (Å²) in [5.41, 5.74) is 3.22. The molecule has 1 N–H and O–H groups in total. The monoisotopic (exact) mass is 507 g/mol. The van der Waals surface area contributed by atoms with Crippen molar-refractivity contribution in [3.05, 3.63) is 75.2 Å². The smallest absolute Gasteiger partial charge is 0.270 e. The average molecular weight is 508 g/mol. The number of piperidine rings is 1. The van der Waals surface area contributed by atoms with Gasteiger partial charge in [-0.2, -0.15) is 0 Å². The van der Waals surface area contributed by atoms with E-state index in [1.165, 1.54) is 11.3 Å². The Labute approximate surface area is 215 Å². The zero-order valence-electron chi connectivity index (χ0n) is 19.7. The van der Waals surface area contributed by atoms with Crippen LogP contribution in [-0.4, -0.2) is 40.8 Å². The molecule has 2 fully saturated rings. The van der Waals surface area contributed by atoms with Gasteiger partial charge in [0.15, 0.2) is 0 Å². The molecule has 3 aromatic rings. The van der Waals surface area contributed by atoms with Crippen molar-refractivity contribution in [3.63, 3.8) is 0 Å². The van der Waals surface area contributed by atoms with Gasteiger partial charge in [0.1, 0.15) is 5.69 Å². The van der Waals surface area contributed by atoms with E-state index in [2.05, 4.69) is 21.7 Å². The van der Waals surface area contributed by atoms with Gasteiger partial charge >= 0.3 is 0 Å². The molecule has 182 valence electrons. The molecule has 2 aliphatic rings. The molecule has 3 heterocycles. The summed E-state index contributed by atoms with van der Waals surface area (Å²) in [6.45, 7) is 1.67. The van der Waals surface area contributed by atoms with Gasteiger partial charge in [0.05, 0.1) is 0 Å². The van der Waals surface area contributed by atoms with E-state index < -0.39 is 0 Å². The second-order valence-corrected chi connectivity index (χ2v) is 10.9. The summed E-state index contributed by atoms with van der Waals surface area (Å²) < 4.78 is 0.